The van der Waals surface area contributed by atoms with E-state index in [0.717, 1.165) is 11.1 Å². The molecule has 0 saturated heterocycles. The van der Waals surface area contributed by atoms with Crippen molar-refractivity contribution in [3.63, 3.8) is 0 Å². The van der Waals surface area contributed by atoms with E-state index in [2.05, 4.69) is 4.98 Å². The molecule has 8 heteroatoms. The number of H-pyrrole nitrogens is 1. The van der Waals surface area contributed by atoms with Gasteiger partial charge in [0.25, 0.3) is 6.17 Å². The van der Waals surface area contributed by atoms with E-state index in [-0.39, 0.29) is 11.5 Å². The predicted octanol–water partition coefficient (Wildman–Crippen LogP) is 4.33. The van der Waals surface area contributed by atoms with Gasteiger partial charge in [0.2, 0.25) is 11.1 Å². The third kappa shape index (κ3) is 4.33. The number of nitrogens with zero attached hydrogens (tertiary/aromatic N) is 3. The molecule has 7 nitrogen and oxygen atoms in total. The van der Waals surface area contributed by atoms with E-state index in [0.29, 0.717) is 40.9 Å². The molecule has 1 aliphatic heterocycles. The summed E-state index contributed by atoms with van der Waals surface area (Å²) in [6, 6.07) is 25.0. The van der Waals surface area contributed by atoms with Crippen molar-refractivity contribution in [1.82, 2.24) is 10.1 Å². The van der Waals surface area contributed by atoms with Crippen LogP contribution in [-0.2, 0) is 11.4 Å². The number of para-hydroxylation sites is 1. The minimum absolute atomic E-state index is 0.0657. The molecular weight excluding hydrogens is 460 g/mol. The molecule has 176 valence electrons. The summed E-state index contributed by atoms with van der Waals surface area (Å²) in [7, 11) is 0. The molecule has 0 saturated carbocycles. The molecule has 3 aromatic carbocycles. The van der Waals surface area contributed by atoms with Crippen molar-refractivity contribution >= 4 is 23.4 Å². The van der Waals surface area contributed by atoms with Gasteiger partial charge in [-0.1, -0.05) is 67.2 Å². The smallest absolute Gasteiger partial charge is 0.325 e. The number of hydrogen-bond donors (Lipinski definition) is 1. The largest absolute Gasteiger partial charge is 0.489 e. The number of thioether (sulfide) groups is 1. The van der Waals surface area contributed by atoms with Crippen LogP contribution >= 0.6 is 11.8 Å². The fraction of sp³-hybridized carbons (Fsp3) is 0.185. The first-order valence-corrected chi connectivity index (χ1v) is 12.6. The summed E-state index contributed by atoms with van der Waals surface area (Å²) in [6.07, 6.45) is 1.52. The lowest BCUT2D eigenvalue weighted by Gasteiger charge is -2.32. The number of carbonyl (C=O) groups excluding carboxylic acids is 1. The lowest BCUT2D eigenvalue weighted by Crippen LogP contribution is -2.60. The summed E-state index contributed by atoms with van der Waals surface area (Å²) in [5, 5.41) is 5.20. The maximum absolute atomic E-state index is 13.3. The highest BCUT2D eigenvalue weighted by Crippen LogP contribution is 2.38. The van der Waals surface area contributed by atoms with Crippen molar-refractivity contribution < 1.29 is 14.2 Å². The van der Waals surface area contributed by atoms with Crippen LogP contribution in [0.2, 0.25) is 0 Å². The molecular formula is C27H25N4O3S+. The molecule has 1 amide bonds. The van der Waals surface area contributed by atoms with E-state index < -0.39 is 6.17 Å². The number of ether oxygens (including phenoxy) is 1. The molecule has 0 spiro atoms. The standard InChI is InChI=1S/C27H24N4O3S/c1-3-23(32)30-22-15-8-7-14-21(22)24-25(33)28-27(35-2)29-31(24)26(30)19-12-9-13-20(16-19)34-17-18-10-5-4-6-11-18/h4-16,26H,3,17H2,1-2H3/p+1/t26-/m0/s1. The summed E-state index contributed by atoms with van der Waals surface area (Å²) in [4.78, 5) is 31.1. The van der Waals surface area contributed by atoms with Crippen LogP contribution in [0.3, 0.4) is 0 Å². The number of anilines is 1. The molecule has 0 fully saturated rings. The normalized spacial score (nSPS) is 14.2. The zero-order valence-corrected chi connectivity index (χ0v) is 20.3. The van der Waals surface area contributed by atoms with Crippen LogP contribution in [0.5, 0.6) is 5.75 Å². The maximum Gasteiger partial charge on any atom is 0.325 e. The van der Waals surface area contributed by atoms with Crippen LogP contribution in [0.4, 0.5) is 5.69 Å². The molecule has 1 N–H and O–H groups in total. The van der Waals surface area contributed by atoms with Crippen molar-refractivity contribution in [3.8, 4) is 17.0 Å². The van der Waals surface area contributed by atoms with Gasteiger partial charge in [-0.25, -0.2) is 4.90 Å². The summed E-state index contributed by atoms with van der Waals surface area (Å²) in [5.74, 6) is 0.607. The summed E-state index contributed by atoms with van der Waals surface area (Å²) < 4.78 is 7.73. The number of carbonyl (C=O) groups is 1. The molecule has 1 aliphatic rings. The number of aromatic nitrogens is 3. The van der Waals surface area contributed by atoms with E-state index in [1.165, 1.54) is 11.8 Å². The minimum atomic E-state index is -0.638. The highest BCUT2D eigenvalue weighted by atomic mass is 32.2. The van der Waals surface area contributed by atoms with Crippen LogP contribution in [0.1, 0.15) is 30.6 Å². The average Bonchev–Trinajstić information content (AvgIpc) is 2.91. The second kappa shape index (κ2) is 9.76. The van der Waals surface area contributed by atoms with Crippen molar-refractivity contribution in [2.24, 2.45) is 0 Å². The molecule has 5 rings (SSSR count). The molecule has 2 heterocycles. The Morgan fingerprint density at radius 1 is 1.09 bits per heavy atom. The topological polar surface area (TPSA) is 79.2 Å². The van der Waals surface area contributed by atoms with Gasteiger partial charge in [-0.2, -0.15) is 0 Å². The third-order valence-electron chi connectivity index (χ3n) is 5.93. The lowest BCUT2D eigenvalue weighted by molar-refractivity contribution is -0.763. The van der Waals surface area contributed by atoms with Crippen LogP contribution in [0.15, 0.2) is 88.8 Å². The van der Waals surface area contributed by atoms with Gasteiger partial charge >= 0.3 is 11.3 Å². The number of benzene rings is 3. The van der Waals surface area contributed by atoms with E-state index in [4.69, 9.17) is 9.84 Å². The Bertz CT molecular complexity index is 1440. The van der Waals surface area contributed by atoms with Gasteiger partial charge in [-0.3, -0.25) is 14.6 Å². The van der Waals surface area contributed by atoms with E-state index >= 15 is 0 Å². The molecule has 4 aromatic rings. The summed E-state index contributed by atoms with van der Waals surface area (Å²) in [5.41, 5.74) is 3.38. The summed E-state index contributed by atoms with van der Waals surface area (Å²) >= 11 is 1.34. The van der Waals surface area contributed by atoms with Crippen LogP contribution < -0.4 is 19.9 Å². The van der Waals surface area contributed by atoms with Crippen LogP contribution in [0.25, 0.3) is 11.3 Å². The quantitative estimate of drug-likeness (QED) is 0.325. The third-order valence-corrected chi connectivity index (χ3v) is 6.50. The highest BCUT2D eigenvalue weighted by Gasteiger charge is 2.45. The zero-order valence-electron chi connectivity index (χ0n) is 19.5. The maximum atomic E-state index is 13.3. The molecule has 0 unspecified atom stereocenters. The van der Waals surface area contributed by atoms with Gasteiger partial charge in [0.1, 0.15) is 12.4 Å². The Balaban J connectivity index is 1.65. The van der Waals surface area contributed by atoms with E-state index in [1.54, 1.807) is 9.58 Å². The SMILES string of the molecule is CCC(=O)N1c2ccccc2-c2c(=O)[nH]c(SC)n[n+]2[C@H]1c1cccc(OCc2ccccc2)c1. The number of rotatable bonds is 6. The lowest BCUT2D eigenvalue weighted by atomic mass is 10.0. The van der Waals surface area contributed by atoms with Gasteiger partial charge in [-0.05, 0) is 46.8 Å². The van der Waals surface area contributed by atoms with Crippen molar-refractivity contribution in [2.45, 2.75) is 31.3 Å². The number of nitrogens with one attached hydrogen (secondary N) is 1. The Hall–Kier alpha value is -3.91. The van der Waals surface area contributed by atoms with E-state index in [1.807, 2.05) is 92.0 Å². The number of amides is 1. The second-order valence-electron chi connectivity index (χ2n) is 8.11. The van der Waals surface area contributed by atoms with E-state index in [9.17, 15) is 9.59 Å². The van der Waals surface area contributed by atoms with Crippen LogP contribution in [-0.4, -0.2) is 22.2 Å². The fourth-order valence-electron chi connectivity index (χ4n) is 4.31. The Morgan fingerprint density at radius 2 is 1.86 bits per heavy atom. The predicted molar refractivity (Wildman–Crippen MR) is 135 cm³/mol. The second-order valence-corrected chi connectivity index (χ2v) is 8.91. The van der Waals surface area contributed by atoms with Gasteiger partial charge in [0, 0.05) is 17.1 Å². The Morgan fingerprint density at radius 3 is 2.63 bits per heavy atom. The molecule has 0 aliphatic carbocycles. The first kappa shape index (κ1) is 22.9. The number of hydrogen-bond acceptors (Lipinski definition) is 5. The molecule has 1 aromatic heterocycles. The first-order valence-electron chi connectivity index (χ1n) is 11.4. The van der Waals surface area contributed by atoms with Crippen molar-refractivity contribution in [2.75, 3.05) is 11.2 Å². The van der Waals surface area contributed by atoms with Crippen molar-refractivity contribution in [3.05, 3.63) is 100 Å². The van der Waals surface area contributed by atoms with Crippen molar-refractivity contribution in [1.29, 1.82) is 0 Å². The van der Waals surface area contributed by atoms with Crippen LogP contribution in [0, 0.1) is 0 Å². The Labute approximate surface area is 207 Å². The number of aromatic amines is 1. The molecule has 0 bridgehead atoms. The molecule has 1 atom stereocenters. The first-order chi connectivity index (χ1) is 17.1. The summed E-state index contributed by atoms with van der Waals surface area (Å²) in [6.45, 7) is 2.26. The Kier molecular flexibility index (Phi) is 6.37. The number of fused-ring (bicyclic) bond motifs is 3. The molecule has 35 heavy (non-hydrogen) atoms. The monoisotopic (exact) mass is 485 g/mol. The van der Waals surface area contributed by atoms with Gasteiger partial charge in [0.15, 0.2) is 0 Å². The van der Waals surface area contributed by atoms with Gasteiger partial charge in [0.05, 0.1) is 11.3 Å². The molecule has 0 radical (unpaired) electrons. The minimum Gasteiger partial charge on any atom is -0.489 e. The zero-order chi connectivity index (χ0) is 24.4. The average molecular weight is 486 g/mol. The fourth-order valence-corrected chi connectivity index (χ4v) is 4.67. The van der Waals surface area contributed by atoms with Gasteiger partial charge in [-0.15, -0.1) is 0 Å². The van der Waals surface area contributed by atoms with Gasteiger partial charge < -0.3 is 4.74 Å². The highest BCUT2D eigenvalue weighted by molar-refractivity contribution is 7.98.